The van der Waals surface area contributed by atoms with E-state index in [0.29, 0.717) is 18.6 Å². The Kier molecular flexibility index (Phi) is 2.68. The Bertz CT molecular complexity index is 186. The molecule has 1 aliphatic carbocycles. The van der Waals surface area contributed by atoms with Crippen molar-refractivity contribution in [3.63, 3.8) is 0 Å². The summed E-state index contributed by atoms with van der Waals surface area (Å²) in [6.45, 7) is 2.60. The first-order valence-corrected chi connectivity index (χ1v) is 4.98. The van der Waals surface area contributed by atoms with Crippen molar-refractivity contribution < 1.29 is 9.53 Å². The SMILES string of the molecule is O=C(NC1CC1)OCC1CCNC1. The van der Waals surface area contributed by atoms with Crippen LogP contribution in [0.5, 0.6) is 0 Å². The van der Waals surface area contributed by atoms with E-state index in [-0.39, 0.29) is 6.09 Å². The minimum absolute atomic E-state index is 0.241. The number of nitrogens with one attached hydrogen (secondary N) is 2. The molecule has 1 amide bonds. The number of ether oxygens (including phenoxy) is 1. The van der Waals surface area contributed by atoms with Crippen molar-refractivity contribution in [2.45, 2.75) is 25.3 Å². The average Bonchev–Trinajstić information content (AvgIpc) is 2.78. The lowest BCUT2D eigenvalue weighted by atomic mass is 10.1. The summed E-state index contributed by atoms with van der Waals surface area (Å²) >= 11 is 0. The monoisotopic (exact) mass is 184 g/mol. The predicted octanol–water partition coefficient (Wildman–Crippen LogP) is 0.484. The van der Waals surface area contributed by atoms with Crippen molar-refractivity contribution in [1.82, 2.24) is 10.6 Å². The van der Waals surface area contributed by atoms with E-state index in [4.69, 9.17) is 4.74 Å². The first kappa shape index (κ1) is 8.81. The lowest BCUT2D eigenvalue weighted by molar-refractivity contribution is 0.129. The smallest absolute Gasteiger partial charge is 0.407 e. The Hall–Kier alpha value is -0.770. The van der Waals surface area contributed by atoms with Crippen molar-refractivity contribution in [1.29, 1.82) is 0 Å². The van der Waals surface area contributed by atoms with Crippen molar-refractivity contribution in [3.8, 4) is 0 Å². The number of amides is 1. The molecule has 1 unspecified atom stereocenters. The highest BCUT2D eigenvalue weighted by atomic mass is 16.5. The molecular weight excluding hydrogens is 168 g/mol. The van der Waals surface area contributed by atoms with Gasteiger partial charge in [-0.25, -0.2) is 4.79 Å². The van der Waals surface area contributed by atoms with E-state index in [2.05, 4.69) is 10.6 Å². The second kappa shape index (κ2) is 3.96. The molecule has 1 saturated heterocycles. The van der Waals surface area contributed by atoms with Crippen LogP contribution in [0.25, 0.3) is 0 Å². The molecule has 0 bridgehead atoms. The fourth-order valence-corrected chi connectivity index (χ4v) is 1.49. The average molecular weight is 184 g/mol. The Labute approximate surface area is 78.0 Å². The Morgan fingerprint density at radius 1 is 1.46 bits per heavy atom. The van der Waals surface area contributed by atoms with E-state index in [0.717, 1.165) is 32.4 Å². The van der Waals surface area contributed by atoms with Gasteiger partial charge >= 0.3 is 6.09 Å². The van der Waals surface area contributed by atoms with Crippen LogP contribution in [0.3, 0.4) is 0 Å². The molecule has 4 heteroatoms. The van der Waals surface area contributed by atoms with E-state index in [1.165, 1.54) is 0 Å². The van der Waals surface area contributed by atoms with E-state index in [9.17, 15) is 4.79 Å². The summed E-state index contributed by atoms with van der Waals surface area (Å²) in [5.41, 5.74) is 0. The van der Waals surface area contributed by atoms with Crippen LogP contribution >= 0.6 is 0 Å². The summed E-state index contributed by atoms with van der Waals surface area (Å²) in [4.78, 5) is 11.1. The quantitative estimate of drug-likeness (QED) is 0.671. The zero-order valence-electron chi connectivity index (χ0n) is 7.71. The van der Waals surface area contributed by atoms with Crippen LogP contribution in [-0.2, 0) is 4.74 Å². The van der Waals surface area contributed by atoms with Crippen LogP contribution in [0, 0.1) is 5.92 Å². The highest BCUT2D eigenvalue weighted by Gasteiger charge is 2.24. The van der Waals surface area contributed by atoms with Gasteiger partial charge in [0, 0.05) is 18.5 Å². The van der Waals surface area contributed by atoms with Gasteiger partial charge in [0.15, 0.2) is 0 Å². The number of carbonyl (C=O) groups is 1. The van der Waals surface area contributed by atoms with E-state index < -0.39 is 0 Å². The fourth-order valence-electron chi connectivity index (χ4n) is 1.49. The molecule has 2 N–H and O–H groups in total. The van der Waals surface area contributed by atoms with E-state index in [1.807, 2.05) is 0 Å². The van der Waals surface area contributed by atoms with Crippen molar-refractivity contribution >= 4 is 6.09 Å². The van der Waals surface area contributed by atoms with Gasteiger partial charge in [0.1, 0.15) is 0 Å². The molecule has 0 radical (unpaired) electrons. The van der Waals surface area contributed by atoms with Crippen LogP contribution in [-0.4, -0.2) is 31.8 Å². The second-order valence-corrected chi connectivity index (χ2v) is 3.88. The van der Waals surface area contributed by atoms with Crippen molar-refractivity contribution in [3.05, 3.63) is 0 Å². The molecule has 1 atom stereocenters. The predicted molar refractivity (Wildman–Crippen MR) is 48.5 cm³/mol. The summed E-state index contributed by atoms with van der Waals surface area (Å²) in [5, 5.41) is 6.03. The molecule has 0 aromatic rings. The maximum atomic E-state index is 11.1. The minimum Gasteiger partial charge on any atom is -0.449 e. The molecule has 2 aliphatic rings. The van der Waals surface area contributed by atoms with Gasteiger partial charge in [-0.3, -0.25) is 0 Å². The Balaban J connectivity index is 1.57. The zero-order chi connectivity index (χ0) is 9.10. The van der Waals surface area contributed by atoms with Crippen LogP contribution < -0.4 is 10.6 Å². The third-order valence-electron chi connectivity index (χ3n) is 2.51. The molecule has 13 heavy (non-hydrogen) atoms. The molecule has 0 aromatic heterocycles. The summed E-state index contributed by atoms with van der Waals surface area (Å²) in [6.07, 6.45) is 3.10. The number of hydrogen-bond donors (Lipinski definition) is 2. The Morgan fingerprint density at radius 2 is 2.31 bits per heavy atom. The van der Waals surface area contributed by atoms with Gasteiger partial charge in [-0.05, 0) is 25.8 Å². The summed E-state index contributed by atoms with van der Waals surface area (Å²) in [5.74, 6) is 0.518. The second-order valence-electron chi connectivity index (χ2n) is 3.88. The third-order valence-corrected chi connectivity index (χ3v) is 2.51. The van der Waals surface area contributed by atoms with Crippen LogP contribution in [0.4, 0.5) is 4.79 Å². The summed E-state index contributed by atoms with van der Waals surface area (Å²) < 4.78 is 5.09. The first-order valence-electron chi connectivity index (χ1n) is 4.98. The normalized spacial score (nSPS) is 27.2. The molecule has 0 aromatic carbocycles. The lowest BCUT2D eigenvalue weighted by Crippen LogP contribution is -2.28. The molecule has 74 valence electrons. The summed E-state index contributed by atoms with van der Waals surface area (Å²) in [6, 6.07) is 0.397. The molecule has 4 nitrogen and oxygen atoms in total. The highest BCUT2D eigenvalue weighted by Crippen LogP contribution is 2.18. The van der Waals surface area contributed by atoms with Gasteiger partial charge < -0.3 is 15.4 Å². The molecular formula is C9H16N2O2. The molecule has 2 rings (SSSR count). The van der Waals surface area contributed by atoms with Gasteiger partial charge in [0.25, 0.3) is 0 Å². The fraction of sp³-hybridized carbons (Fsp3) is 0.889. The van der Waals surface area contributed by atoms with Gasteiger partial charge in [-0.15, -0.1) is 0 Å². The van der Waals surface area contributed by atoms with Crippen LogP contribution in [0.2, 0.25) is 0 Å². The summed E-state index contributed by atoms with van der Waals surface area (Å²) in [7, 11) is 0. The van der Waals surface area contributed by atoms with E-state index >= 15 is 0 Å². The van der Waals surface area contributed by atoms with Crippen molar-refractivity contribution in [2.24, 2.45) is 5.92 Å². The number of carbonyl (C=O) groups excluding carboxylic acids is 1. The highest BCUT2D eigenvalue weighted by molar-refractivity contribution is 5.67. The first-order chi connectivity index (χ1) is 6.34. The molecule has 2 fully saturated rings. The van der Waals surface area contributed by atoms with E-state index in [1.54, 1.807) is 0 Å². The zero-order valence-corrected chi connectivity index (χ0v) is 7.71. The van der Waals surface area contributed by atoms with Gasteiger partial charge in [-0.1, -0.05) is 0 Å². The molecule has 1 saturated carbocycles. The van der Waals surface area contributed by atoms with Crippen molar-refractivity contribution in [2.75, 3.05) is 19.7 Å². The van der Waals surface area contributed by atoms with Gasteiger partial charge in [0.05, 0.1) is 6.61 Å². The maximum Gasteiger partial charge on any atom is 0.407 e. The van der Waals surface area contributed by atoms with Crippen LogP contribution in [0.1, 0.15) is 19.3 Å². The number of alkyl carbamates (subject to hydrolysis) is 1. The lowest BCUT2D eigenvalue weighted by Gasteiger charge is -2.09. The van der Waals surface area contributed by atoms with Gasteiger partial charge in [-0.2, -0.15) is 0 Å². The molecule has 0 spiro atoms. The largest absolute Gasteiger partial charge is 0.449 e. The Morgan fingerprint density at radius 3 is 2.92 bits per heavy atom. The minimum atomic E-state index is -0.241. The molecule has 1 aliphatic heterocycles. The maximum absolute atomic E-state index is 11.1. The number of rotatable bonds is 3. The standard InChI is InChI=1S/C9H16N2O2/c12-9(11-8-1-2-8)13-6-7-3-4-10-5-7/h7-8,10H,1-6H2,(H,11,12). The molecule has 1 heterocycles. The topological polar surface area (TPSA) is 50.4 Å². The number of hydrogen-bond acceptors (Lipinski definition) is 3. The third kappa shape index (κ3) is 2.88. The van der Waals surface area contributed by atoms with Gasteiger partial charge in [0.2, 0.25) is 0 Å². The van der Waals surface area contributed by atoms with Crippen LogP contribution in [0.15, 0.2) is 0 Å².